The number of hydrogen-bond donors (Lipinski definition) is 2. The maximum Gasteiger partial charge on any atom is 0.247 e. The Labute approximate surface area is 171 Å². The Bertz CT molecular complexity index is 1020. The lowest BCUT2D eigenvalue weighted by Gasteiger charge is -2.24. The predicted octanol–water partition coefficient (Wildman–Crippen LogP) is 1.80. The third-order valence-corrected chi connectivity index (χ3v) is 4.79. The molecule has 0 saturated carbocycles. The molecule has 3 aromatic rings. The average Bonchev–Trinajstić information content (AvgIpc) is 3.23. The molecule has 11 heteroatoms. The Morgan fingerprint density at radius 1 is 1.30 bits per heavy atom. The van der Waals surface area contributed by atoms with Crippen molar-refractivity contribution in [3.05, 3.63) is 36.7 Å². The molecule has 1 aromatic carbocycles. The number of imidazole rings is 1. The van der Waals surface area contributed by atoms with Crippen LogP contribution in [0.2, 0.25) is 0 Å². The van der Waals surface area contributed by atoms with Gasteiger partial charge in [-0.05, 0) is 26.0 Å². The van der Waals surface area contributed by atoms with Gasteiger partial charge in [0.15, 0.2) is 28.8 Å². The van der Waals surface area contributed by atoms with Gasteiger partial charge in [-0.15, -0.1) is 0 Å². The second-order valence-electron chi connectivity index (χ2n) is 6.95. The fourth-order valence-corrected chi connectivity index (χ4v) is 3.31. The van der Waals surface area contributed by atoms with Gasteiger partial charge in [0.1, 0.15) is 18.8 Å². The van der Waals surface area contributed by atoms with Crippen LogP contribution in [-0.2, 0) is 9.62 Å². The summed E-state index contributed by atoms with van der Waals surface area (Å²) in [4.78, 5) is 22.7. The summed E-state index contributed by atoms with van der Waals surface area (Å²) in [5.41, 5.74) is 4.14. The smallest absolute Gasteiger partial charge is 0.247 e. The van der Waals surface area contributed by atoms with Crippen LogP contribution in [0.3, 0.4) is 0 Å². The monoisotopic (exact) mass is 419 g/mol. The van der Waals surface area contributed by atoms with E-state index in [1.807, 2.05) is 6.07 Å². The van der Waals surface area contributed by atoms with Gasteiger partial charge in [-0.25, -0.2) is 9.37 Å². The number of benzene rings is 1. The molecule has 30 heavy (non-hydrogen) atoms. The number of halogens is 1. The summed E-state index contributed by atoms with van der Waals surface area (Å²) in [5.74, 6) is 0.609. The van der Waals surface area contributed by atoms with Crippen LogP contribution < -0.4 is 15.4 Å². The average molecular weight is 419 g/mol. The molecule has 160 valence electrons. The molecule has 4 rings (SSSR count). The van der Waals surface area contributed by atoms with Crippen LogP contribution in [0.4, 0.5) is 10.3 Å². The van der Waals surface area contributed by atoms with Crippen LogP contribution in [0.15, 0.2) is 36.7 Å². The molecule has 0 radical (unpaired) electrons. The molecule has 0 spiro atoms. The number of fused-ring (bicyclic) bond motifs is 1. The zero-order chi connectivity index (χ0) is 21.3. The lowest BCUT2D eigenvalue weighted by Crippen LogP contribution is -2.40. The van der Waals surface area contributed by atoms with Crippen LogP contribution in [0.5, 0.6) is 11.6 Å². The molecule has 0 amide bonds. The van der Waals surface area contributed by atoms with Gasteiger partial charge in [0.2, 0.25) is 11.8 Å². The third-order valence-electron chi connectivity index (χ3n) is 4.79. The first kappa shape index (κ1) is 20.3. The van der Waals surface area contributed by atoms with Crippen LogP contribution in [0.1, 0.15) is 20.1 Å². The maximum absolute atomic E-state index is 15.5. The fourth-order valence-electron chi connectivity index (χ4n) is 3.31. The zero-order valence-corrected chi connectivity index (χ0v) is 16.4. The van der Waals surface area contributed by atoms with Crippen LogP contribution in [0, 0.1) is 0 Å². The summed E-state index contributed by atoms with van der Waals surface area (Å²) in [7, 11) is 0. The van der Waals surface area contributed by atoms with E-state index in [1.165, 1.54) is 17.8 Å². The molecule has 3 heterocycles. The number of nitrogen functional groups attached to an aromatic ring is 1. The van der Waals surface area contributed by atoms with Crippen molar-refractivity contribution in [2.45, 2.75) is 38.0 Å². The second kappa shape index (κ2) is 8.01. The molecular formula is C19H22FN5O5. The summed E-state index contributed by atoms with van der Waals surface area (Å²) in [6, 6.07) is 8.79. The fraction of sp³-hybridized carbons (Fsp3) is 0.421. The first-order valence-electron chi connectivity index (χ1n) is 9.41. The van der Waals surface area contributed by atoms with E-state index in [0.717, 1.165) is 0 Å². The van der Waals surface area contributed by atoms with E-state index in [-0.39, 0.29) is 24.1 Å². The summed E-state index contributed by atoms with van der Waals surface area (Å²) < 4.78 is 28.1. The third kappa shape index (κ3) is 3.62. The van der Waals surface area contributed by atoms with Crippen molar-refractivity contribution in [2.24, 2.45) is 0 Å². The van der Waals surface area contributed by atoms with Crippen LogP contribution in [0.25, 0.3) is 11.2 Å². The Hall–Kier alpha value is -3.02. The van der Waals surface area contributed by atoms with Gasteiger partial charge in [-0.1, -0.05) is 18.2 Å². The van der Waals surface area contributed by atoms with Gasteiger partial charge in [0.05, 0.1) is 12.9 Å². The summed E-state index contributed by atoms with van der Waals surface area (Å²) in [6.45, 7) is 3.18. The second-order valence-corrected chi connectivity index (χ2v) is 6.95. The normalized spacial score (nSPS) is 26.2. The zero-order valence-electron chi connectivity index (χ0n) is 16.4. The number of nitrogens with two attached hydrogens (primary N) is 1. The van der Waals surface area contributed by atoms with Crippen LogP contribution >= 0.6 is 0 Å². The minimum absolute atomic E-state index is 0.0528. The Kier molecular flexibility index (Phi) is 5.41. The molecule has 3 N–H and O–H groups in total. The van der Waals surface area contributed by atoms with Gasteiger partial charge in [-0.2, -0.15) is 14.9 Å². The standard InChI is InChI=1S/C19H22FN5O5/c1-3-27-16-13-15(23-18(21)24-16)25(10-22-13)17-19(2,20)14(26)12(29-17)9-28-30-11-7-5-4-6-8-11/h4-8,10,12,14,17,26H,3,9H2,1-2H3,(H2,21,23,24)/t12?,14-,17-,19-/m1/s1. The molecule has 10 nitrogen and oxygen atoms in total. The van der Waals surface area contributed by atoms with Crippen molar-refractivity contribution >= 4 is 17.1 Å². The van der Waals surface area contributed by atoms with E-state index >= 15 is 4.39 Å². The van der Waals surface area contributed by atoms with Gasteiger partial charge in [-0.3, -0.25) is 4.57 Å². The predicted molar refractivity (Wildman–Crippen MR) is 103 cm³/mol. The SMILES string of the molecule is CCOc1nc(N)nc2c1ncn2[C@@H]1OC(COOc2ccccc2)[C@@H](O)[C@@]1(C)F. The van der Waals surface area contributed by atoms with Crippen molar-refractivity contribution in [1.82, 2.24) is 19.5 Å². The highest BCUT2D eigenvalue weighted by molar-refractivity contribution is 5.77. The maximum atomic E-state index is 15.5. The van der Waals surface area contributed by atoms with Crippen LogP contribution in [-0.4, -0.2) is 55.7 Å². The number of aliphatic hydroxyl groups is 1. The van der Waals surface area contributed by atoms with Crippen molar-refractivity contribution in [1.29, 1.82) is 0 Å². The van der Waals surface area contributed by atoms with Crippen molar-refractivity contribution in [3.63, 3.8) is 0 Å². The molecule has 1 saturated heterocycles. The van der Waals surface area contributed by atoms with Gasteiger partial charge in [0.25, 0.3) is 0 Å². The quantitative estimate of drug-likeness (QED) is 0.435. The molecule has 0 aliphatic carbocycles. The number of aliphatic hydroxyl groups excluding tert-OH is 1. The number of para-hydroxylation sites is 1. The molecule has 1 fully saturated rings. The molecule has 1 aliphatic heterocycles. The number of ether oxygens (including phenoxy) is 2. The largest absolute Gasteiger partial charge is 0.476 e. The van der Waals surface area contributed by atoms with Crippen molar-refractivity contribution in [2.75, 3.05) is 18.9 Å². The first-order valence-corrected chi connectivity index (χ1v) is 9.41. The van der Waals surface area contributed by atoms with Crippen molar-refractivity contribution in [3.8, 4) is 11.6 Å². The lowest BCUT2D eigenvalue weighted by atomic mass is 9.98. The highest BCUT2D eigenvalue weighted by Gasteiger charge is 2.55. The summed E-state index contributed by atoms with van der Waals surface area (Å²) >= 11 is 0. The van der Waals surface area contributed by atoms with Gasteiger partial charge < -0.3 is 25.2 Å². The topological polar surface area (TPSA) is 127 Å². The highest BCUT2D eigenvalue weighted by atomic mass is 19.1. The lowest BCUT2D eigenvalue weighted by molar-refractivity contribution is -0.233. The van der Waals surface area contributed by atoms with Crippen molar-refractivity contribution < 1.29 is 28.7 Å². The first-order chi connectivity index (χ1) is 14.4. The Balaban J connectivity index is 1.55. The van der Waals surface area contributed by atoms with E-state index in [0.29, 0.717) is 17.9 Å². The summed E-state index contributed by atoms with van der Waals surface area (Å²) in [5, 5.41) is 10.5. The molecule has 1 aliphatic rings. The number of rotatable bonds is 7. The van der Waals surface area contributed by atoms with E-state index in [9.17, 15) is 5.11 Å². The molecule has 0 bridgehead atoms. The number of alkyl halides is 1. The molecule has 4 atom stereocenters. The Morgan fingerprint density at radius 3 is 2.80 bits per heavy atom. The van der Waals surface area contributed by atoms with Gasteiger partial charge >= 0.3 is 0 Å². The molecule has 2 aromatic heterocycles. The highest BCUT2D eigenvalue weighted by Crippen LogP contribution is 2.43. The molecule has 1 unspecified atom stereocenters. The number of aromatic nitrogens is 4. The minimum Gasteiger partial charge on any atom is -0.476 e. The van der Waals surface area contributed by atoms with Gasteiger partial charge in [0, 0.05) is 0 Å². The number of hydrogen-bond acceptors (Lipinski definition) is 9. The number of anilines is 1. The van der Waals surface area contributed by atoms with E-state index in [4.69, 9.17) is 25.0 Å². The minimum atomic E-state index is -2.17. The Morgan fingerprint density at radius 2 is 2.07 bits per heavy atom. The molecular weight excluding hydrogens is 397 g/mol. The van der Waals surface area contributed by atoms with E-state index < -0.39 is 24.1 Å². The summed E-state index contributed by atoms with van der Waals surface area (Å²) in [6.07, 6.45) is -2.35. The number of nitrogens with zero attached hydrogens (tertiary/aromatic N) is 4. The van der Waals surface area contributed by atoms with E-state index in [2.05, 4.69) is 15.0 Å². The van der Waals surface area contributed by atoms with E-state index in [1.54, 1.807) is 31.2 Å².